The molecule has 30 heavy (non-hydrogen) atoms. The molecule has 3 aliphatic heterocycles. The fourth-order valence-electron chi connectivity index (χ4n) is 5.02. The Morgan fingerprint density at radius 1 is 1.23 bits per heavy atom. The van der Waals surface area contributed by atoms with Gasteiger partial charge >= 0.3 is 0 Å². The van der Waals surface area contributed by atoms with Crippen LogP contribution in [0.15, 0.2) is 30.6 Å². The molecule has 3 saturated heterocycles. The smallest absolute Gasteiger partial charge is 0.220 e. The second-order valence-electron chi connectivity index (χ2n) is 8.65. The number of hydrogen-bond donors (Lipinski definition) is 3. The summed E-state index contributed by atoms with van der Waals surface area (Å²) in [5.74, 6) is 0.847. The summed E-state index contributed by atoms with van der Waals surface area (Å²) in [6.07, 6.45) is 5.44. The number of aromatic hydroxyl groups is 1. The Kier molecular flexibility index (Phi) is 4.81. The summed E-state index contributed by atoms with van der Waals surface area (Å²) in [4.78, 5) is 22.3. The Morgan fingerprint density at radius 2 is 2.10 bits per heavy atom. The predicted octanol–water partition coefficient (Wildman–Crippen LogP) is 2.12. The van der Waals surface area contributed by atoms with Crippen LogP contribution in [-0.2, 0) is 4.79 Å². The van der Waals surface area contributed by atoms with Gasteiger partial charge in [-0.3, -0.25) is 9.78 Å². The molecule has 2 bridgehead atoms. The topological polar surface area (TPSA) is 90.4 Å². The second kappa shape index (κ2) is 7.50. The Hall–Kier alpha value is -2.74. The van der Waals surface area contributed by atoms with Gasteiger partial charge in [0.25, 0.3) is 0 Å². The van der Waals surface area contributed by atoms with E-state index >= 15 is 0 Å². The van der Waals surface area contributed by atoms with Crippen LogP contribution >= 0.6 is 0 Å². The van der Waals surface area contributed by atoms with E-state index in [0.717, 1.165) is 24.8 Å². The average molecular weight is 411 g/mol. The normalized spacial score (nSPS) is 30.3. The zero-order valence-electron chi connectivity index (χ0n) is 16.9. The first kappa shape index (κ1) is 19.2. The number of rotatable bonds is 4. The van der Waals surface area contributed by atoms with Gasteiger partial charge in [-0.15, -0.1) is 0 Å². The van der Waals surface area contributed by atoms with Crippen LogP contribution < -0.4 is 15.5 Å². The van der Waals surface area contributed by atoms with Crippen LogP contribution in [0.2, 0.25) is 0 Å². The van der Waals surface area contributed by atoms with Crippen LogP contribution in [-0.4, -0.2) is 58.9 Å². The number of piperidine rings is 1. The van der Waals surface area contributed by atoms with Gasteiger partial charge in [-0.25, -0.2) is 9.37 Å². The number of phenolic OH excluding ortho intramolecular Hbond substituents is 1. The van der Waals surface area contributed by atoms with Gasteiger partial charge in [0.1, 0.15) is 17.7 Å². The molecule has 1 aromatic carbocycles. The molecule has 0 saturated carbocycles. The highest BCUT2D eigenvalue weighted by atomic mass is 19.1. The van der Waals surface area contributed by atoms with E-state index in [2.05, 4.69) is 20.6 Å². The number of nitrogens with one attached hydrogen (secondary N) is 2. The monoisotopic (exact) mass is 411 g/mol. The number of aromatic nitrogens is 2. The van der Waals surface area contributed by atoms with E-state index in [4.69, 9.17) is 0 Å². The summed E-state index contributed by atoms with van der Waals surface area (Å²) < 4.78 is 14.9. The Bertz CT molecular complexity index is 953. The third kappa shape index (κ3) is 3.39. The largest absolute Gasteiger partial charge is 0.507 e. The van der Waals surface area contributed by atoms with Crippen molar-refractivity contribution < 1.29 is 14.3 Å². The molecule has 3 fully saturated rings. The SMILES string of the molecule is CN(c1cnc(-c2ccc([C@H]3CNC(=O)C3)cc2O)cn1)[C@@H]1CC2CC[C@H](N2)[C@@H]1F. The molecule has 3 N–H and O–H groups in total. The number of carbonyl (C=O) groups excluding carboxylic acids is 1. The fourth-order valence-corrected chi connectivity index (χ4v) is 5.02. The van der Waals surface area contributed by atoms with Crippen molar-refractivity contribution in [3.05, 3.63) is 36.2 Å². The number of carbonyl (C=O) groups is 1. The van der Waals surface area contributed by atoms with E-state index in [9.17, 15) is 14.3 Å². The second-order valence-corrected chi connectivity index (χ2v) is 8.65. The minimum absolute atomic E-state index is 0.0337. The van der Waals surface area contributed by atoms with Crippen molar-refractivity contribution in [2.24, 2.45) is 0 Å². The van der Waals surface area contributed by atoms with E-state index < -0.39 is 6.17 Å². The van der Waals surface area contributed by atoms with Crippen molar-refractivity contribution in [2.45, 2.75) is 55.9 Å². The van der Waals surface area contributed by atoms with E-state index in [0.29, 0.717) is 36.1 Å². The molecule has 8 heteroatoms. The van der Waals surface area contributed by atoms with Gasteiger partial charge in [0.05, 0.1) is 24.1 Å². The highest BCUT2D eigenvalue weighted by Gasteiger charge is 2.43. The Morgan fingerprint density at radius 3 is 2.80 bits per heavy atom. The van der Waals surface area contributed by atoms with Gasteiger partial charge in [0.2, 0.25) is 5.91 Å². The summed E-state index contributed by atoms with van der Waals surface area (Å²) in [5.41, 5.74) is 2.06. The Labute approximate surface area is 174 Å². The van der Waals surface area contributed by atoms with E-state index in [-0.39, 0.29) is 29.7 Å². The molecule has 1 aromatic heterocycles. The molecule has 1 unspecified atom stereocenters. The van der Waals surface area contributed by atoms with Crippen LogP contribution in [0, 0.1) is 0 Å². The average Bonchev–Trinajstić information content (AvgIpc) is 3.37. The summed E-state index contributed by atoms with van der Waals surface area (Å²) in [7, 11) is 1.87. The van der Waals surface area contributed by atoms with Crippen LogP contribution in [0.25, 0.3) is 11.3 Å². The maximum atomic E-state index is 14.9. The summed E-state index contributed by atoms with van der Waals surface area (Å²) in [6.45, 7) is 0.590. The molecule has 158 valence electrons. The lowest BCUT2D eigenvalue weighted by atomic mass is 9.96. The molecule has 5 rings (SSSR count). The number of halogens is 1. The number of fused-ring (bicyclic) bond motifs is 2. The first-order valence-corrected chi connectivity index (χ1v) is 10.5. The number of phenols is 1. The van der Waals surface area contributed by atoms with Gasteiger partial charge in [0.15, 0.2) is 0 Å². The highest BCUT2D eigenvalue weighted by Crippen LogP contribution is 2.35. The molecular formula is C22H26FN5O2. The lowest BCUT2D eigenvalue weighted by molar-refractivity contribution is -0.119. The lowest BCUT2D eigenvalue weighted by Crippen LogP contribution is -2.55. The molecule has 7 nitrogen and oxygen atoms in total. The quantitative estimate of drug-likeness (QED) is 0.714. The number of hydrogen-bond acceptors (Lipinski definition) is 6. The van der Waals surface area contributed by atoms with Gasteiger partial charge in [0, 0.05) is 43.6 Å². The molecule has 2 aromatic rings. The molecule has 3 aliphatic rings. The maximum Gasteiger partial charge on any atom is 0.220 e. The summed E-state index contributed by atoms with van der Waals surface area (Å²) >= 11 is 0. The number of alkyl halides is 1. The van der Waals surface area contributed by atoms with E-state index in [1.807, 2.05) is 24.1 Å². The highest BCUT2D eigenvalue weighted by molar-refractivity contribution is 5.79. The van der Waals surface area contributed by atoms with Crippen molar-refractivity contribution in [2.75, 3.05) is 18.5 Å². The summed E-state index contributed by atoms with van der Waals surface area (Å²) in [5, 5.41) is 16.7. The minimum Gasteiger partial charge on any atom is -0.507 e. The van der Waals surface area contributed by atoms with Crippen molar-refractivity contribution in [3.63, 3.8) is 0 Å². The minimum atomic E-state index is -0.927. The molecular weight excluding hydrogens is 385 g/mol. The van der Waals surface area contributed by atoms with Crippen LogP contribution in [0.3, 0.4) is 0 Å². The van der Waals surface area contributed by atoms with Crippen molar-refractivity contribution in [1.82, 2.24) is 20.6 Å². The number of anilines is 1. The third-order valence-electron chi connectivity index (χ3n) is 6.80. The third-order valence-corrected chi connectivity index (χ3v) is 6.80. The molecule has 0 aliphatic carbocycles. The van der Waals surface area contributed by atoms with Crippen molar-refractivity contribution >= 4 is 11.7 Å². The lowest BCUT2D eigenvalue weighted by Gasteiger charge is -2.38. The van der Waals surface area contributed by atoms with Crippen LogP contribution in [0.5, 0.6) is 5.75 Å². The zero-order chi connectivity index (χ0) is 20.8. The molecule has 1 amide bonds. The van der Waals surface area contributed by atoms with Gasteiger partial charge in [-0.2, -0.15) is 0 Å². The first-order chi connectivity index (χ1) is 14.5. The van der Waals surface area contributed by atoms with E-state index in [1.54, 1.807) is 18.5 Å². The van der Waals surface area contributed by atoms with Crippen molar-refractivity contribution in [1.29, 1.82) is 0 Å². The molecule has 4 heterocycles. The number of nitrogens with zero attached hydrogens (tertiary/aromatic N) is 3. The van der Waals surface area contributed by atoms with Crippen LogP contribution in [0.4, 0.5) is 10.2 Å². The summed E-state index contributed by atoms with van der Waals surface area (Å²) in [6, 6.07) is 5.52. The zero-order valence-corrected chi connectivity index (χ0v) is 16.9. The van der Waals surface area contributed by atoms with Crippen LogP contribution in [0.1, 0.15) is 37.2 Å². The number of benzene rings is 1. The van der Waals surface area contributed by atoms with Crippen molar-refractivity contribution in [3.8, 4) is 17.0 Å². The fraction of sp³-hybridized carbons (Fsp3) is 0.500. The van der Waals surface area contributed by atoms with Gasteiger partial charge in [-0.05, 0) is 37.0 Å². The number of amides is 1. The maximum absolute atomic E-state index is 14.9. The molecule has 0 radical (unpaired) electrons. The molecule has 0 spiro atoms. The predicted molar refractivity (Wildman–Crippen MR) is 111 cm³/mol. The standard InChI is InChI=1S/C22H26FN5O2/c1-28(18-8-14-3-5-16(27-14)22(18)23)20-11-24-17(10-25-20)15-4-2-12(6-19(15)29)13-7-21(30)26-9-13/h2,4,6,10-11,13-14,16,18,22,27,29H,3,5,7-9H2,1H3,(H,26,30)/t13-,14?,16+,18-,22+/m1/s1. The Balaban J connectivity index is 1.33. The van der Waals surface area contributed by atoms with Gasteiger partial charge in [-0.1, -0.05) is 6.07 Å². The molecule has 5 atom stereocenters. The van der Waals surface area contributed by atoms with E-state index in [1.165, 1.54) is 0 Å². The first-order valence-electron chi connectivity index (χ1n) is 10.5. The van der Waals surface area contributed by atoms with Gasteiger partial charge < -0.3 is 20.6 Å².